The number of hydrogen-bond acceptors (Lipinski definition) is 2. The zero-order valence-corrected chi connectivity index (χ0v) is 10.4. The summed E-state index contributed by atoms with van der Waals surface area (Å²) < 4.78 is 5.76. The fourth-order valence-electron chi connectivity index (χ4n) is 2.08. The second-order valence-electron chi connectivity index (χ2n) is 4.45. The van der Waals surface area contributed by atoms with Gasteiger partial charge < -0.3 is 4.74 Å². The number of Topliss-reactive ketones (excluding diaryl/α,β-unsaturated/α-hetero) is 1. The molecule has 0 atom stereocenters. The Kier molecular flexibility index (Phi) is 3.95. The minimum atomic E-state index is 0.0431. The van der Waals surface area contributed by atoms with Gasteiger partial charge in [0.25, 0.3) is 0 Å². The lowest BCUT2D eigenvalue weighted by Crippen LogP contribution is -2.27. The molecule has 1 aliphatic rings. The maximum atomic E-state index is 11.8. The van der Waals surface area contributed by atoms with Crippen molar-refractivity contribution in [3.63, 3.8) is 0 Å². The highest BCUT2D eigenvalue weighted by Gasteiger charge is 2.33. The molecule has 2 heteroatoms. The molecule has 0 bridgehead atoms. The van der Waals surface area contributed by atoms with Gasteiger partial charge in [0.15, 0.2) is 5.78 Å². The summed E-state index contributed by atoms with van der Waals surface area (Å²) in [7, 11) is 0. The van der Waals surface area contributed by atoms with Crippen molar-refractivity contribution in [2.75, 3.05) is 6.61 Å². The quantitative estimate of drug-likeness (QED) is 0.710. The van der Waals surface area contributed by atoms with Gasteiger partial charge in [-0.3, -0.25) is 4.79 Å². The van der Waals surface area contributed by atoms with Crippen molar-refractivity contribution in [3.8, 4) is 0 Å². The largest absolute Gasteiger partial charge is 0.496 e. The van der Waals surface area contributed by atoms with Crippen LogP contribution in [0.2, 0.25) is 0 Å². The van der Waals surface area contributed by atoms with Gasteiger partial charge >= 0.3 is 0 Å². The van der Waals surface area contributed by atoms with E-state index in [1.807, 2.05) is 6.92 Å². The zero-order valence-electron chi connectivity index (χ0n) is 10.4. The van der Waals surface area contributed by atoms with Crippen LogP contribution in [0, 0.1) is 5.41 Å². The second-order valence-corrected chi connectivity index (χ2v) is 4.45. The van der Waals surface area contributed by atoms with Crippen molar-refractivity contribution >= 4 is 5.78 Å². The molecule has 0 aromatic rings. The Labute approximate surface area is 92.7 Å². The smallest absolute Gasteiger partial charge is 0.165 e. The first kappa shape index (κ1) is 12.3. The third-order valence-electron chi connectivity index (χ3n) is 3.65. The Balaban J connectivity index is 3.12. The molecule has 0 spiro atoms. The van der Waals surface area contributed by atoms with Crippen molar-refractivity contribution in [1.82, 2.24) is 0 Å². The first-order valence-corrected chi connectivity index (χ1v) is 5.98. The van der Waals surface area contributed by atoms with E-state index < -0.39 is 0 Å². The van der Waals surface area contributed by atoms with Crippen LogP contribution in [0.1, 0.15) is 53.4 Å². The van der Waals surface area contributed by atoms with Gasteiger partial charge in [0, 0.05) is 17.4 Å². The second kappa shape index (κ2) is 4.82. The molecular weight excluding hydrogens is 188 g/mol. The van der Waals surface area contributed by atoms with Gasteiger partial charge in [0.2, 0.25) is 0 Å². The summed E-state index contributed by atoms with van der Waals surface area (Å²) in [5.41, 5.74) is 0.967. The lowest BCUT2D eigenvalue weighted by atomic mass is 9.78. The van der Waals surface area contributed by atoms with Gasteiger partial charge in [-0.15, -0.1) is 0 Å². The Morgan fingerprint density at radius 3 is 2.33 bits per heavy atom. The number of ketones is 1. The van der Waals surface area contributed by atoms with Gasteiger partial charge in [-0.05, 0) is 19.3 Å². The van der Waals surface area contributed by atoms with Crippen molar-refractivity contribution in [1.29, 1.82) is 0 Å². The van der Waals surface area contributed by atoms with Crippen LogP contribution in [-0.2, 0) is 9.53 Å². The lowest BCUT2D eigenvalue weighted by Gasteiger charge is -2.34. The maximum absolute atomic E-state index is 11.8. The van der Waals surface area contributed by atoms with Gasteiger partial charge in [0.05, 0.1) is 6.61 Å². The van der Waals surface area contributed by atoms with E-state index in [0.29, 0.717) is 13.0 Å². The summed E-state index contributed by atoms with van der Waals surface area (Å²) in [5, 5.41) is 0. The average Bonchev–Trinajstić information content (AvgIpc) is 2.27. The summed E-state index contributed by atoms with van der Waals surface area (Å²) >= 11 is 0. The Morgan fingerprint density at radius 1 is 1.27 bits per heavy atom. The number of carbonyl (C=O) groups is 1. The van der Waals surface area contributed by atoms with Crippen molar-refractivity contribution < 1.29 is 9.53 Å². The van der Waals surface area contributed by atoms with Gasteiger partial charge in [-0.1, -0.05) is 27.7 Å². The molecule has 0 aromatic heterocycles. The van der Waals surface area contributed by atoms with Crippen LogP contribution in [0.3, 0.4) is 0 Å². The minimum absolute atomic E-state index is 0.0431. The van der Waals surface area contributed by atoms with Crippen molar-refractivity contribution in [2.24, 2.45) is 5.41 Å². The highest BCUT2D eigenvalue weighted by atomic mass is 16.5. The number of ether oxygens (including phenoxy) is 1. The molecule has 0 unspecified atom stereocenters. The highest BCUT2D eigenvalue weighted by Crippen LogP contribution is 2.39. The van der Waals surface area contributed by atoms with E-state index in [1.54, 1.807) is 0 Å². The van der Waals surface area contributed by atoms with Crippen LogP contribution < -0.4 is 0 Å². The fourth-order valence-corrected chi connectivity index (χ4v) is 2.08. The van der Waals surface area contributed by atoms with Crippen molar-refractivity contribution in [3.05, 3.63) is 11.3 Å². The molecule has 0 aromatic carbocycles. The molecule has 0 fully saturated rings. The van der Waals surface area contributed by atoms with E-state index in [4.69, 9.17) is 4.74 Å². The van der Waals surface area contributed by atoms with Crippen LogP contribution in [0.15, 0.2) is 11.3 Å². The molecule has 0 amide bonds. The van der Waals surface area contributed by atoms with E-state index in [-0.39, 0.29) is 11.2 Å². The maximum Gasteiger partial charge on any atom is 0.165 e. The molecule has 1 rings (SSSR count). The van der Waals surface area contributed by atoms with Gasteiger partial charge in [-0.25, -0.2) is 0 Å². The summed E-state index contributed by atoms with van der Waals surface area (Å²) in [4.78, 5) is 11.8. The Hall–Kier alpha value is -0.790. The summed E-state index contributed by atoms with van der Waals surface area (Å²) in [6.07, 6.45) is 3.39. The predicted molar refractivity (Wildman–Crippen MR) is 61.6 cm³/mol. The summed E-state index contributed by atoms with van der Waals surface area (Å²) in [6, 6.07) is 0. The summed E-state index contributed by atoms with van der Waals surface area (Å²) in [5.74, 6) is 1.25. The average molecular weight is 210 g/mol. The van der Waals surface area contributed by atoms with Gasteiger partial charge in [0.1, 0.15) is 5.76 Å². The fraction of sp³-hybridized carbons (Fsp3) is 0.769. The van der Waals surface area contributed by atoms with E-state index in [9.17, 15) is 4.79 Å². The monoisotopic (exact) mass is 210 g/mol. The Bertz CT molecular complexity index is 272. The number of allylic oxidation sites excluding steroid dienone is 2. The molecule has 1 heterocycles. The molecule has 2 nitrogen and oxygen atoms in total. The molecule has 1 aliphatic heterocycles. The van der Waals surface area contributed by atoms with Crippen LogP contribution >= 0.6 is 0 Å². The van der Waals surface area contributed by atoms with Crippen LogP contribution in [0.5, 0.6) is 0 Å². The zero-order chi connectivity index (χ0) is 11.5. The standard InChI is InChI=1S/C13H22O2/c1-5-10-11(14)8-9-15-12(10)13(4,6-2)7-3/h5-9H2,1-4H3. The first-order valence-electron chi connectivity index (χ1n) is 5.98. The summed E-state index contributed by atoms with van der Waals surface area (Å²) in [6.45, 7) is 9.11. The van der Waals surface area contributed by atoms with Crippen LogP contribution in [0.4, 0.5) is 0 Å². The highest BCUT2D eigenvalue weighted by molar-refractivity contribution is 5.96. The van der Waals surface area contributed by atoms with E-state index >= 15 is 0 Å². The number of carbonyl (C=O) groups excluding carboxylic acids is 1. The van der Waals surface area contributed by atoms with E-state index in [0.717, 1.165) is 30.6 Å². The van der Waals surface area contributed by atoms with Crippen LogP contribution in [0.25, 0.3) is 0 Å². The molecule has 0 aliphatic carbocycles. The third-order valence-corrected chi connectivity index (χ3v) is 3.65. The predicted octanol–water partition coefficient (Wildman–Crippen LogP) is 3.47. The normalized spacial score (nSPS) is 18.0. The Morgan fingerprint density at radius 2 is 1.87 bits per heavy atom. The first-order chi connectivity index (χ1) is 7.09. The van der Waals surface area contributed by atoms with E-state index in [2.05, 4.69) is 20.8 Å². The molecule has 0 saturated heterocycles. The molecule has 86 valence electrons. The molecule has 15 heavy (non-hydrogen) atoms. The number of rotatable bonds is 4. The van der Waals surface area contributed by atoms with Crippen LogP contribution in [-0.4, -0.2) is 12.4 Å². The SMILES string of the molecule is CCC1=C(C(C)(CC)CC)OCCC1=O. The van der Waals surface area contributed by atoms with Crippen molar-refractivity contribution in [2.45, 2.75) is 53.4 Å². The topological polar surface area (TPSA) is 26.3 Å². The van der Waals surface area contributed by atoms with Gasteiger partial charge in [-0.2, -0.15) is 0 Å². The lowest BCUT2D eigenvalue weighted by molar-refractivity contribution is -0.118. The molecule has 0 radical (unpaired) electrons. The molecular formula is C13H22O2. The molecule has 0 N–H and O–H groups in total. The molecule has 0 saturated carbocycles. The third kappa shape index (κ3) is 2.24. The van der Waals surface area contributed by atoms with E-state index in [1.165, 1.54) is 0 Å². The number of hydrogen-bond donors (Lipinski definition) is 0. The minimum Gasteiger partial charge on any atom is -0.496 e.